The summed E-state index contributed by atoms with van der Waals surface area (Å²) in [6.45, 7) is 0. The van der Waals surface area contributed by atoms with Crippen LogP contribution in [-0.4, -0.2) is 35.9 Å². The predicted molar refractivity (Wildman–Crippen MR) is 82.1 cm³/mol. The Morgan fingerprint density at radius 1 is 1.38 bits per heavy atom. The minimum Gasteiger partial charge on any atom is -0.399 e. The zero-order valence-electron chi connectivity index (χ0n) is 11.3. The number of anilines is 2. The van der Waals surface area contributed by atoms with E-state index in [-0.39, 0.29) is 23.1 Å². The smallest absolute Gasteiger partial charge is 0.260 e. The molecule has 1 aromatic heterocycles. The molecule has 0 saturated carbocycles. The van der Waals surface area contributed by atoms with Crippen LogP contribution >= 0.6 is 0 Å². The fourth-order valence-corrected chi connectivity index (χ4v) is 4.19. The van der Waals surface area contributed by atoms with Crippen molar-refractivity contribution >= 4 is 32.4 Å². The number of benzene rings is 1. The Bertz CT molecular complexity index is 844. The van der Waals surface area contributed by atoms with E-state index in [4.69, 9.17) is 5.73 Å². The van der Waals surface area contributed by atoms with Gasteiger partial charge in [0.05, 0.1) is 22.4 Å². The monoisotopic (exact) mass is 308 g/mol. The summed E-state index contributed by atoms with van der Waals surface area (Å²) < 4.78 is 23.2. The van der Waals surface area contributed by atoms with Gasteiger partial charge in [-0.05, 0) is 31.0 Å². The molecule has 0 amide bonds. The minimum absolute atomic E-state index is 0.0660. The van der Waals surface area contributed by atoms with Crippen LogP contribution in [0.3, 0.4) is 0 Å². The molecule has 1 aliphatic heterocycles. The van der Waals surface area contributed by atoms with E-state index in [1.165, 1.54) is 0 Å². The van der Waals surface area contributed by atoms with Crippen LogP contribution in [0.1, 0.15) is 12.8 Å². The maximum Gasteiger partial charge on any atom is 0.260 e. The second kappa shape index (κ2) is 5.03. The molecule has 0 aliphatic carbocycles. The number of sulfone groups is 1. The molecule has 8 heteroatoms. The Balaban J connectivity index is 1.91. The van der Waals surface area contributed by atoms with Gasteiger partial charge in [0.1, 0.15) is 0 Å². The van der Waals surface area contributed by atoms with E-state index < -0.39 is 9.84 Å². The van der Waals surface area contributed by atoms with Gasteiger partial charge in [-0.15, -0.1) is 0 Å². The highest BCUT2D eigenvalue weighted by Gasteiger charge is 2.25. The molecule has 2 heterocycles. The number of aromatic nitrogens is 2. The molecular formula is C13H16N4O3S. The van der Waals surface area contributed by atoms with E-state index in [1.807, 2.05) is 0 Å². The van der Waals surface area contributed by atoms with Crippen LogP contribution < -0.4 is 16.6 Å². The first-order chi connectivity index (χ1) is 9.93. The summed E-state index contributed by atoms with van der Waals surface area (Å²) in [5, 5.41) is 3.42. The van der Waals surface area contributed by atoms with Crippen molar-refractivity contribution < 1.29 is 8.42 Å². The molecule has 0 spiro atoms. The van der Waals surface area contributed by atoms with Crippen molar-refractivity contribution in [2.75, 3.05) is 22.6 Å². The molecule has 1 unspecified atom stereocenters. The van der Waals surface area contributed by atoms with Crippen LogP contribution in [0, 0.1) is 0 Å². The molecule has 0 radical (unpaired) electrons. The summed E-state index contributed by atoms with van der Waals surface area (Å²) in [5.41, 5.74) is 6.37. The van der Waals surface area contributed by atoms with Crippen molar-refractivity contribution in [2.24, 2.45) is 0 Å². The zero-order chi connectivity index (χ0) is 15.0. The summed E-state index contributed by atoms with van der Waals surface area (Å²) in [6.07, 6.45) is 1.36. The van der Waals surface area contributed by atoms with Gasteiger partial charge in [0.15, 0.2) is 9.84 Å². The highest BCUT2D eigenvalue weighted by Crippen LogP contribution is 2.17. The van der Waals surface area contributed by atoms with Crippen LogP contribution in [0.5, 0.6) is 0 Å². The highest BCUT2D eigenvalue weighted by atomic mass is 32.2. The third-order valence-corrected chi connectivity index (χ3v) is 5.35. The molecule has 1 atom stereocenters. The number of fused-ring (bicyclic) bond motifs is 1. The van der Waals surface area contributed by atoms with Gasteiger partial charge in [-0.2, -0.15) is 0 Å². The Morgan fingerprint density at radius 2 is 2.19 bits per heavy atom. The van der Waals surface area contributed by atoms with E-state index in [1.54, 1.807) is 18.2 Å². The van der Waals surface area contributed by atoms with Gasteiger partial charge in [-0.25, -0.2) is 13.4 Å². The van der Waals surface area contributed by atoms with Crippen LogP contribution in [0.2, 0.25) is 0 Å². The molecular weight excluding hydrogens is 292 g/mol. The van der Waals surface area contributed by atoms with E-state index in [9.17, 15) is 13.2 Å². The molecule has 1 fully saturated rings. The Hall–Kier alpha value is -2.09. The average molecular weight is 308 g/mol. The summed E-state index contributed by atoms with van der Waals surface area (Å²) in [6, 6.07) is 4.68. The normalized spacial score (nSPS) is 21.2. The van der Waals surface area contributed by atoms with Crippen molar-refractivity contribution in [1.29, 1.82) is 0 Å². The number of rotatable bonds is 2. The Morgan fingerprint density at radius 3 is 2.95 bits per heavy atom. The third-order valence-electron chi connectivity index (χ3n) is 3.53. The number of nitrogens with zero attached hydrogens (tertiary/aromatic N) is 1. The number of nitrogen functional groups attached to an aromatic ring is 1. The zero-order valence-corrected chi connectivity index (χ0v) is 12.1. The lowest BCUT2D eigenvalue weighted by Crippen LogP contribution is -2.35. The van der Waals surface area contributed by atoms with Gasteiger partial charge < -0.3 is 11.1 Å². The lowest BCUT2D eigenvalue weighted by atomic mass is 10.2. The molecule has 3 rings (SSSR count). The van der Waals surface area contributed by atoms with Crippen molar-refractivity contribution in [3.05, 3.63) is 28.6 Å². The van der Waals surface area contributed by atoms with Crippen molar-refractivity contribution in [3.8, 4) is 0 Å². The average Bonchev–Trinajstić information content (AvgIpc) is 2.38. The van der Waals surface area contributed by atoms with E-state index >= 15 is 0 Å². The number of H-pyrrole nitrogens is 1. The van der Waals surface area contributed by atoms with Crippen LogP contribution in [-0.2, 0) is 9.84 Å². The quantitative estimate of drug-likeness (QED) is 0.695. The predicted octanol–water partition coefficient (Wildman–Crippen LogP) is 0.494. The van der Waals surface area contributed by atoms with E-state index in [0.29, 0.717) is 29.0 Å². The van der Waals surface area contributed by atoms with Gasteiger partial charge in [0.2, 0.25) is 5.95 Å². The molecule has 112 valence electrons. The highest BCUT2D eigenvalue weighted by molar-refractivity contribution is 7.91. The fraction of sp³-hybridized carbons (Fsp3) is 0.385. The minimum atomic E-state index is -3.01. The lowest BCUT2D eigenvalue weighted by Gasteiger charge is -2.23. The first-order valence-corrected chi connectivity index (χ1v) is 8.52. The maximum atomic E-state index is 12.0. The van der Waals surface area contributed by atoms with Crippen LogP contribution in [0.25, 0.3) is 10.9 Å². The summed E-state index contributed by atoms with van der Waals surface area (Å²) in [5.74, 6) is 0.585. The second-order valence-electron chi connectivity index (χ2n) is 5.29. The SMILES string of the molecule is Nc1ccc2nc(NC3CCCS(=O)(=O)C3)[nH]c(=O)c2c1. The molecule has 1 aromatic carbocycles. The first-order valence-electron chi connectivity index (χ1n) is 6.69. The standard InChI is InChI=1S/C13H16N4O3S/c14-8-3-4-11-10(6-8)12(18)17-13(16-11)15-9-2-1-5-21(19,20)7-9/h3-4,6,9H,1-2,5,7,14H2,(H2,15,16,17,18). The third kappa shape index (κ3) is 2.99. The van der Waals surface area contributed by atoms with Crippen LogP contribution in [0.4, 0.5) is 11.6 Å². The molecule has 0 bridgehead atoms. The fourth-order valence-electron chi connectivity index (χ4n) is 2.55. The Labute approximate surface area is 121 Å². The molecule has 1 saturated heterocycles. The molecule has 2 aromatic rings. The number of aromatic amines is 1. The number of hydrogen-bond acceptors (Lipinski definition) is 6. The number of nitrogens with one attached hydrogen (secondary N) is 2. The van der Waals surface area contributed by atoms with Crippen molar-refractivity contribution in [3.63, 3.8) is 0 Å². The van der Waals surface area contributed by atoms with Crippen molar-refractivity contribution in [2.45, 2.75) is 18.9 Å². The number of nitrogens with two attached hydrogens (primary N) is 1. The van der Waals surface area contributed by atoms with Gasteiger partial charge in [0.25, 0.3) is 5.56 Å². The van der Waals surface area contributed by atoms with Gasteiger partial charge >= 0.3 is 0 Å². The van der Waals surface area contributed by atoms with E-state index in [0.717, 1.165) is 6.42 Å². The van der Waals surface area contributed by atoms with Crippen LogP contribution in [0.15, 0.2) is 23.0 Å². The first kappa shape index (κ1) is 13.9. The topological polar surface area (TPSA) is 118 Å². The summed E-state index contributed by atoms with van der Waals surface area (Å²) in [7, 11) is -3.01. The van der Waals surface area contributed by atoms with E-state index in [2.05, 4.69) is 15.3 Å². The summed E-state index contributed by atoms with van der Waals surface area (Å²) in [4.78, 5) is 18.9. The van der Waals surface area contributed by atoms with Crippen molar-refractivity contribution in [1.82, 2.24) is 9.97 Å². The lowest BCUT2D eigenvalue weighted by molar-refractivity contribution is 0.561. The number of hydrogen-bond donors (Lipinski definition) is 3. The molecule has 7 nitrogen and oxygen atoms in total. The largest absolute Gasteiger partial charge is 0.399 e. The summed E-state index contributed by atoms with van der Waals surface area (Å²) >= 11 is 0. The molecule has 4 N–H and O–H groups in total. The van der Waals surface area contributed by atoms with Gasteiger partial charge in [-0.1, -0.05) is 0 Å². The molecule has 1 aliphatic rings. The second-order valence-corrected chi connectivity index (χ2v) is 7.52. The van der Waals surface area contributed by atoms with Gasteiger partial charge in [-0.3, -0.25) is 9.78 Å². The maximum absolute atomic E-state index is 12.0. The molecule has 21 heavy (non-hydrogen) atoms. The Kier molecular flexibility index (Phi) is 3.32. The van der Waals surface area contributed by atoms with Gasteiger partial charge in [0, 0.05) is 11.7 Å².